The number of hydrogen-bond donors (Lipinski definition) is 1. The van der Waals surface area contributed by atoms with Crippen molar-refractivity contribution in [2.75, 3.05) is 0 Å². The lowest BCUT2D eigenvalue weighted by atomic mass is 10.1. The number of primary sulfonamides is 1. The van der Waals surface area contributed by atoms with E-state index in [1.807, 2.05) is 0 Å². The quantitative estimate of drug-likeness (QED) is 0.451. The molecule has 9 nitrogen and oxygen atoms in total. The van der Waals surface area contributed by atoms with Gasteiger partial charge in [0.1, 0.15) is 0 Å². The molecule has 0 saturated carbocycles. The van der Waals surface area contributed by atoms with Gasteiger partial charge in [-0.1, -0.05) is 5.16 Å². The van der Waals surface area contributed by atoms with Crippen LogP contribution in [0.1, 0.15) is 17.0 Å². The lowest BCUT2D eigenvalue weighted by molar-refractivity contribution is -0.137. The first kappa shape index (κ1) is 22.6. The van der Waals surface area contributed by atoms with E-state index in [4.69, 9.17) is 9.66 Å². The molecule has 3 heterocycles. The maximum atomic E-state index is 12.7. The molecular weight excluding hydrogens is 461 g/mol. The van der Waals surface area contributed by atoms with Crippen molar-refractivity contribution >= 4 is 10.0 Å². The third kappa shape index (κ3) is 4.93. The SMILES string of the molecule is Cn1ncc(-c2nc(-c3ccc(S(N)(=O)=O)cc3)no2)c1CCc1ccc(C(F)(F)F)cn1. The molecule has 0 radical (unpaired) electrons. The van der Waals surface area contributed by atoms with Crippen LogP contribution in [0.4, 0.5) is 13.2 Å². The second kappa shape index (κ2) is 8.41. The number of aryl methyl sites for hydroxylation is 2. The van der Waals surface area contributed by atoms with E-state index in [-0.39, 0.29) is 16.6 Å². The van der Waals surface area contributed by atoms with E-state index in [0.29, 0.717) is 29.7 Å². The number of nitrogens with two attached hydrogens (primary N) is 1. The highest BCUT2D eigenvalue weighted by molar-refractivity contribution is 7.89. The second-order valence-corrected chi connectivity index (χ2v) is 8.72. The van der Waals surface area contributed by atoms with Gasteiger partial charge in [-0.2, -0.15) is 23.3 Å². The third-order valence-corrected chi connectivity index (χ3v) is 5.86. The van der Waals surface area contributed by atoms with Crippen LogP contribution in [0.3, 0.4) is 0 Å². The summed E-state index contributed by atoms with van der Waals surface area (Å²) in [4.78, 5) is 8.21. The van der Waals surface area contributed by atoms with Gasteiger partial charge in [0.15, 0.2) is 0 Å². The molecule has 0 fully saturated rings. The molecule has 0 aliphatic carbocycles. The number of rotatable bonds is 6. The maximum absolute atomic E-state index is 12.7. The highest BCUT2D eigenvalue weighted by Crippen LogP contribution is 2.29. The number of alkyl halides is 3. The number of benzene rings is 1. The van der Waals surface area contributed by atoms with Crippen molar-refractivity contribution in [2.45, 2.75) is 23.9 Å². The zero-order valence-electron chi connectivity index (χ0n) is 17.1. The Kier molecular flexibility index (Phi) is 5.76. The van der Waals surface area contributed by atoms with Crippen molar-refractivity contribution in [1.82, 2.24) is 24.9 Å². The number of nitrogens with zero attached hydrogens (tertiary/aromatic N) is 5. The first-order valence-electron chi connectivity index (χ1n) is 9.52. The Bertz CT molecular complexity index is 1380. The smallest absolute Gasteiger partial charge is 0.333 e. The number of pyridine rings is 1. The Labute approximate surface area is 186 Å². The summed E-state index contributed by atoms with van der Waals surface area (Å²) < 4.78 is 67.9. The molecule has 0 aliphatic rings. The standard InChI is InChI=1S/C20H17F3N6O3S/c1-29-17(9-6-14-5-4-13(10-25-14)20(21,22)23)16(11-26-29)19-27-18(28-32-19)12-2-7-15(8-3-12)33(24,30)31/h2-5,7-8,10-11H,6,9H2,1H3,(H2,24,30,31). The van der Waals surface area contributed by atoms with Crippen molar-refractivity contribution in [1.29, 1.82) is 0 Å². The summed E-state index contributed by atoms with van der Waals surface area (Å²) in [5.74, 6) is 0.439. The van der Waals surface area contributed by atoms with Gasteiger partial charge in [0.25, 0.3) is 5.89 Å². The summed E-state index contributed by atoms with van der Waals surface area (Å²) in [6.07, 6.45) is -1.27. The van der Waals surface area contributed by atoms with E-state index in [9.17, 15) is 21.6 Å². The molecule has 0 atom stereocenters. The van der Waals surface area contributed by atoms with Crippen LogP contribution in [0, 0.1) is 0 Å². The highest BCUT2D eigenvalue weighted by Gasteiger charge is 2.30. The normalized spacial score (nSPS) is 12.3. The first-order valence-corrected chi connectivity index (χ1v) is 11.1. The predicted molar refractivity (Wildman–Crippen MR) is 110 cm³/mol. The fourth-order valence-electron chi connectivity index (χ4n) is 3.17. The fourth-order valence-corrected chi connectivity index (χ4v) is 3.68. The van der Waals surface area contributed by atoms with Crippen LogP contribution in [0.2, 0.25) is 0 Å². The van der Waals surface area contributed by atoms with Crippen molar-refractivity contribution in [3.8, 4) is 22.8 Å². The molecule has 0 aliphatic heterocycles. The zero-order valence-corrected chi connectivity index (χ0v) is 17.9. The van der Waals surface area contributed by atoms with Crippen molar-refractivity contribution in [3.05, 3.63) is 65.7 Å². The van der Waals surface area contributed by atoms with E-state index < -0.39 is 21.8 Å². The van der Waals surface area contributed by atoms with Crippen LogP contribution in [-0.2, 0) is 36.1 Å². The topological polar surface area (TPSA) is 130 Å². The summed E-state index contributed by atoms with van der Waals surface area (Å²) in [5.41, 5.74) is 1.52. The third-order valence-electron chi connectivity index (χ3n) is 4.93. The summed E-state index contributed by atoms with van der Waals surface area (Å²) in [6.45, 7) is 0. The van der Waals surface area contributed by atoms with Gasteiger partial charge in [-0.25, -0.2) is 13.6 Å². The van der Waals surface area contributed by atoms with Crippen LogP contribution in [0.15, 0.2) is 58.2 Å². The molecule has 0 unspecified atom stereocenters. The Hall–Kier alpha value is -3.58. The van der Waals surface area contributed by atoms with Crippen LogP contribution >= 0.6 is 0 Å². The zero-order chi connectivity index (χ0) is 23.8. The Balaban J connectivity index is 1.53. The van der Waals surface area contributed by atoms with Crippen molar-refractivity contribution in [2.24, 2.45) is 12.2 Å². The van der Waals surface area contributed by atoms with Gasteiger partial charge in [0.2, 0.25) is 15.8 Å². The molecular formula is C20H17F3N6O3S. The van der Waals surface area contributed by atoms with E-state index in [1.54, 1.807) is 17.9 Å². The second-order valence-electron chi connectivity index (χ2n) is 7.16. The molecule has 3 aromatic heterocycles. The fraction of sp³-hybridized carbons (Fsp3) is 0.200. The number of aromatic nitrogens is 5. The summed E-state index contributed by atoms with van der Waals surface area (Å²) in [7, 11) is -2.09. The lowest BCUT2D eigenvalue weighted by Gasteiger charge is -2.07. The van der Waals surface area contributed by atoms with Crippen LogP contribution in [0.5, 0.6) is 0 Å². The molecule has 0 saturated heterocycles. The van der Waals surface area contributed by atoms with E-state index in [2.05, 4.69) is 20.2 Å². The average molecular weight is 478 g/mol. The van der Waals surface area contributed by atoms with Crippen LogP contribution in [0.25, 0.3) is 22.8 Å². The van der Waals surface area contributed by atoms with Crippen molar-refractivity contribution in [3.63, 3.8) is 0 Å². The molecule has 0 spiro atoms. The largest absolute Gasteiger partial charge is 0.417 e. The van der Waals surface area contributed by atoms with E-state index in [1.165, 1.54) is 30.3 Å². The minimum absolute atomic E-state index is 0.0404. The molecule has 4 rings (SSSR count). The van der Waals surface area contributed by atoms with Crippen LogP contribution < -0.4 is 5.14 Å². The van der Waals surface area contributed by atoms with Gasteiger partial charge in [-0.3, -0.25) is 9.67 Å². The Morgan fingerprint density at radius 3 is 2.39 bits per heavy atom. The molecule has 4 aromatic rings. The van der Waals surface area contributed by atoms with E-state index in [0.717, 1.165) is 18.0 Å². The Morgan fingerprint density at radius 2 is 1.79 bits per heavy atom. The average Bonchev–Trinajstić information content (AvgIpc) is 3.38. The van der Waals surface area contributed by atoms with Gasteiger partial charge in [0.05, 0.1) is 27.9 Å². The highest BCUT2D eigenvalue weighted by atomic mass is 32.2. The number of hydrogen-bond acceptors (Lipinski definition) is 7. The summed E-state index contributed by atoms with van der Waals surface area (Å²) in [6, 6.07) is 8.04. The van der Waals surface area contributed by atoms with Gasteiger partial charge < -0.3 is 4.52 Å². The van der Waals surface area contributed by atoms with Gasteiger partial charge in [-0.05, 0) is 49.2 Å². The maximum Gasteiger partial charge on any atom is 0.417 e. The summed E-state index contributed by atoms with van der Waals surface area (Å²) >= 11 is 0. The lowest BCUT2D eigenvalue weighted by Crippen LogP contribution is -2.11. The predicted octanol–water partition coefficient (Wildman–Crippen LogP) is 2.98. The molecule has 1 aromatic carbocycles. The van der Waals surface area contributed by atoms with Gasteiger partial charge >= 0.3 is 6.18 Å². The van der Waals surface area contributed by atoms with Gasteiger partial charge in [0, 0.05) is 24.5 Å². The number of halogens is 3. The minimum Gasteiger partial charge on any atom is -0.333 e. The number of sulfonamides is 1. The van der Waals surface area contributed by atoms with E-state index >= 15 is 0 Å². The van der Waals surface area contributed by atoms with Crippen LogP contribution in [-0.4, -0.2) is 33.3 Å². The molecule has 2 N–H and O–H groups in total. The van der Waals surface area contributed by atoms with Gasteiger partial charge in [-0.15, -0.1) is 0 Å². The molecule has 172 valence electrons. The Morgan fingerprint density at radius 1 is 1.06 bits per heavy atom. The molecule has 0 amide bonds. The summed E-state index contributed by atoms with van der Waals surface area (Å²) in [5, 5.41) is 13.2. The molecule has 33 heavy (non-hydrogen) atoms. The minimum atomic E-state index is -4.44. The first-order chi connectivity index (χ1) is 15.5. The monoisotopic (exact) mass is 478 g/mol. The van der Waals surface area contributed by atoms with Crippen molar-refractivity contribution < 1.29 is 26.1 Å². The molecule has 13 heteroatoms. The molecule has 0 bridgehead atoms.